The van der Waals surface area contributed by atoms with Gasteiger partial charge in [-0.15, -0.1) is 0 Å². The van der Waals surface area contributed by atoms with Crippen molar-refractivity contribution >= 4 is 11.5 Å². The maximum Gasteiger partial charge on any atom is 0.162 e. The van der Waals surface area contributed by atoms with Gasteiger partial charge in [0.25, 0.3) is 0 Å². The Morgan fingerprint density at radius 1 is 1.38 bits per heavy atom. The van der Waals surface area contributed by atoms with Gasteiger partial charge in [-0.2, -0.15) is 0 Å². The van der Waals surface area contributed by atoms with Crippen LogP contribution in [0.5, 0.6) is 0 Å². The number of methoxy groups -OCH3 is 1. The van der Waals surface area contributed by atoms with E-state index in [4.69, 9.17) is 4.74 Å². The summed E-state index contributed by atoms with van der Waals surface area (Å²) in [6, 6.07) is 7.55. The molecule has 16 heavy (non-hydrogen) atoms. The topological polar surface area (TPSA) is 38.3 Å². The summed E-state index contributed by atoms with van der Waals surface area (Å²) in [5.74, 6) is 0.178. The molecule has 0 aliphatic rings. The first kappa shape index (κ1) is 12.7. The predicted octanol–water partition coefficient (Wildman–Crippen LogP) is 2.73. The molecule has 0 aromatic heterocycles. The van der Waals surface area contributed by atoms with E-state index in [-0.39, 0.29) is 11.9 Å². The Balaban J connectivity index is 2.54. The zero-order chi connectivity index (χ0) is 12.0. The van der Waals surface area contributed by atoms with Crippen LogP contribution in [0.4, 0.5) is 5.69 Å². The fourth-order valence-corrected chi connectivity index (χ4v) is 1.32. The van der Waals surface area contributed by atoms with Gasteiger partial charge in [-0.3, -0.25) is 4.79 Å². The number of Topliss-reactive ketones (excluding diaryl/α,β-unsaturated/α-hetero) is 1. The van der Waals surface area contributed by atoms with Crippen LogP contribution in [0.1, 0.15) is 30.6 Å². The van der Waals surface area contributed by atoms with Gasteiger partial charge in [-0.05, 0) is 31.2 Å². The van der Waals surface area contributed by atoms with E-state index in [0.29, 0.717) is 6.42 Å². The van der Waals surface area contributed by atoms with Crippen molar-refractivity contribution in [2.45, 2.75) is 26.4 Å². The number of ketones is 1. The summed E-state index contributed by atoms with van der Waals surface area (Å²) in [5.41, 5.74) is 1.78. The van der Waals surface area contributed by atoms with E-state index in [1.165, 1.54) is 0 Å². The third-order valence-corrected chi connectivity index (χ3v) is 2.52. The Morgan fingerprint density at radius 2 is 2.00 bits per heavy atom. The van der Waals surface area contributed by atoms with Crippen LogP contribution in [-0.4, -0.2) is 25.5 Å². The Hall–Kier alpha value is -1.35. The smallest absolute Gasteiger partial charge is 0.162 e. The fraction of sp³-hybridized carbons (Fsp3) is 0.462. The van der Waals surface area contributed by atoms with Crippen molar-refractivity contribution in [3.8, 4) is 0 Å². The van der Waals surface area contributed by atoms with Gasteiger partial charge in [0.1, 0.15) is 0 Å². The van der Waals surface area contributed by atoms with Crippen LogP contribution >= 0.6 is 0 Å². The Labute approximate surface area is 96.8 Å². The molecule has 0 aliphatic carbocycles. The summed E-state index contributed by atoms with van der Waals surface area (Å²) < 4.78 is 5.13. The molecule has 3 heteroatoms. The number of rotatable bonds is 6. The standard InChI is InChI=1S/C13H19NO2/c1-4-13(15)11-5-7-12(8-6-11)14-9-10(2)16-3/h5-8,10,14H,4,9H2,1-3H3. The second-order valence-electron chi connectivity index (χ2n) is 3.78. The normalized spacial score (nSPS) is 12.2. The van der Waals surface area contributed by atoms with E-state index in [0.717, 1.165) is 17.8 Å². The number of nitrogens with one attached hydrogen (secondary N) is 1. The van der Waals surface area contributed by atoms with Crippen molar-refractivity contribution in [2.24, 2.45) is 0 Å². The van der Waals surface area contributed by atoms with E-state index >= 15 is 0 Å². The second kappa shape index (κ2) is 6.28. The third-order valence-electron chi connectivity index (χ3n) is 2.52. The van der Waals surface area contributed by atoms with Crippen molar-refractivity contribution in [3.63, 3.8) is 0 Å². The molecule has 1 aromatic rings. The highest BCUT2D eigenvalue weighted by Crippen LogP contribution is 2.11. The van der Waals surface area contributed by atoms with Gasteiger partial charge < -0.3 is 10.1 Å². The molecule has 3 nitrogen and oxygen atoms in total. The van der Waals surface area contributed by atoms with Crippen LogP contribution in [0.25, 0.3) is 0 Å². The molecule has 0 radical (unpaired) electrons. The quantitative estimate of drug-likeness (QED) is 0.751. The molecule has 1 atom stereocenters. The number of benzene rings is 1. The van der Waals surface area contributed by atoms with E-state index in [1.807, 2.05) is 38.1 Å². The van der Waals surface area contributed by atoms with E-state index in [9.17, 15) is 4.79 Å². The van der Waals surface area contributed by atoms with Gasteiger partial charge in [0, 0.05) is 31.3 Å². The third kappa shape index (κ3) is 3.66. The second-order valence-corrected chi connectivity index (χ2v) is 3.78. The van der Waals surface area contributed by atoms with Crippen molar-refractivity contribution in [1.82, 2.24) is 0 Å². The minimum Gasteiger partial charge on any atom is -0.382 e. The molecule has 0 amide bonds. The van der Waals surface area contributed by atoms with E-state index < -0.39 is 0 Å². The summed E-state index contributed by atoms with van der Waals surface area (Å²) in [7, 11) is 1.69. The van der Waals surface area contributed by atoms with Crippen LogP contribution < -0.4 is 5.32 Å². The zero-order valence-corrected chi connectivity index (χ0v) is 10.1. The van der Waals surface area contributed by atoms with Gasteiger partial charge in [-0.25, -0.2) is 0 Å². The molecule has 0 fully saturated rings. The molecule has 0 heterocycles. The highest BCUT2D eigenvalue weighted by molar-refractivity contribution is 5.96. The highest BCUT2D eigenvalue weighted by atomic mass is 16.5. The van der Waals surface area contributed by atoms with Gasteiger partial charge in [0.2, 0.25) is 0 Å². The lowest BCUT2D eigenvalue weighted by Crippen LogP contribution is -2.17. The SMILES string of the molecule is CCC(=O)c1ccc(NCC(C)OC)cc1. The Morgan fingerprint density at radius 3 is 2.50 bits per heavy atom. The molecule has 0 saturated heterocycles. The predicted molar refractivity (Wildman–Crippen MR) is 66.0 cm³/mol. The molecule has 0 aliphatic heterocycles. The monoisotopic (exact) mass is 221 g/mol. The lowest BCUT2D eigenvalue weighted by atomic mass is 10.1. The van der Waals surface area contributed by atoms with Crippen LogP contribution in [-0.2, 0) is 4.74 Å². The first-order chi connectivity index (χ1) is 7.67. The highest BCUT2D eigenvalue weighted by Gasteiger charge is 2.03. The van der Waals surface area contributed by atoms with E-state index in [2.05, 4.69) is 5.32 Å². The van der Waals surface area contributed by atoms with Crippen molar-refractivity contribution < 1.29 is 9.53 Å². The largest absolute Gasteiger partial charge is 0.382 e. The number of ether oxygens (including phenoxy) is 1. The van der Waals surface area contributed by atoms with Crippen molar-refractivity contribution in [3.05, 3.63) is 29.8 Å². The molecule has 0 spiro atoms. The summed E-state index contributed by atoms with van der Waals surface area (Å²) in [6.07, 6.45) is 0.727. The number of hydrogen-bond donors (Lipinski definition) is 1. The molecule has 1 N–H and O–H groups in total. The molecule has 0 saturated carbocycles. The lowest BCUT2D eigenvalue weighted by Gasteiger charge is -2.11. The summed E-state index contributed by atoms with van der Waals surface area (Å²) in [4.78, 5) is 11.4. The minimum atomic E-state index is 0.178. The Kier molecular flexibility index (Phi) is 4.99. The lowest BCUT2D eigenvalue weighted by molar-refractivity contribution is 0.0988. The maximum atomic E-state index is 11.4. The van der Waals surface area contributed by atoms with Crippen LogP contribution in [0.3, 0.4) is 0 Å². The molecule has 1 rings (SSSR count). The molecule has 1 unspecified atom stereocenters. The van der Waals surface area contributed by atoms with Gasteiger partial charge in [-0.1, -0.05) is 6.92 Å². The molecular weight excluding hydrogens is 202 g/mol. The van der Waals surface area contributed by atoms with Crippen molar-refractivity contribution in [2.75, 3.05) is 19.0 Å². The van der Waals surface area contributed by atoms with Gasteiger partial charge in [0.15, 0.2) is 5.78 Å². The van der Waals surface area contributed by atoms with E-state index in [1.54, 1.807) is 7.11 Å². The van der Waals surface area contributed by atoms with Crippen LogP contribution in [0, 0.1) is 0 Å². The minimum absolute atomic E-state index is 0.178. The zero-order valence-electron chi connectivity index (χ0n) is 10.1. The fourth-order valence-electron chi connectivity index (χ4n) is 1.32. The number of carbonyl (C=O) groups is 1. The number of carbonyl (C=O) groups excluding carboxylic acids is 1. The average molecular weight is 221 g/mol. The Bertz CT molecular complexity index is 332. The number of anilines is 1. The first-order valence-electron chi connectivity index (χ1n) is 5.57. The van der Waals surface area contributed by atoms with Gasteiger partial charge in [0.05, 0.1) is 6.10 Å². The molecular formula is C13H19NO2. The van der Waals surface area contributed by atoms with Gasteiger partial charge >= 0.3 is 0 Å². The van der Waals surface area contributed by atoms with Crippen LogP contribution in [0.2, 0.25) is 0 Å². The molecule has 1 aromatic carbocycles. The summed E-state index contributed by atoms with van der Waals surface area (Å²) >= 11 is 0. The summed E-state index contributed by atoms with van der Waals surface area (Å²) in [5, 5.41) is 3.24. The van der Waals surface area contributed by atoms with Crippen molar-refractivity contribution in [1.29, 1.82) is 0 Å². The summed E-state index contributed by atoms with van der Waals surface area (Å²) in [6.45, 7) is 4.63. The number of hydrogen-bond acceptors (Lipinski definition) is 3. The molecule has 0 bridgehead atoms. The maximum absolute atomic E-state index is 11.4. The molecule has 88 valence electrons. The van der Waals surface area contributed by atoms with Crippen LogP contribution in [0.15, 0.2) is 24.3 Å². The first-order valence-corrected chi connectivity index (χ1v) is 5.57. The average Bonchev–Trinajstić information content (AvgIpc) is 2.35.